The quantitative estimate of drug-likeness (QED) is 0.492. The lowest BCUT2D eigenvalue weighted by Gasteiger charge is -2.42. The number of sulfone groups is 1. The van der Waals surface area contributed by atoms with Crippen molar-refractivity contribution in [2.24, 2.45) is 5.92 Å². The molecule has 3 amide bonds. The van der Waals surface area contributed by atoms with Crippen LogP contribution in [0.3, 0.4) is 0 Å². The number of hydrogen-bond acceptors (Lipinski definition) is 6. The normalized spacial score (nSPS) is 15.8. The number of benzene rings is 2. The lowest BCUT2D eigenvalue weighted by Crippen LogP contribution is -2.60. The minimum Gasteiger partial charge on any atom is -0.477 e. The zero-order valence-corrected chi connectivity index (χ0v) is 24.7. The van der Waals surface area contributed by atoms with E-state index < -0.39 is 33.2 Å². The second kappa shape index (κ2) is 12.4. The van der Waals surface area contributed by atoms with E-state index in [1.54, 1.807) is 38.9 Å². The minimum atomic E-state index is -3.39. The van der Waals surface area contributed by atoms with E-state index in [1.165, 1.54) is 41.3 Å². The van der Waals surface area contributed by atoms with E-state index >= 15 is 0 Å². The number of piperidine rings is 1. The van der Waals surface area contributed by atoms with Gasteiger partial charge in [0.2, 0.25) is 5.91 Å². The van der Waals surface area contributed by atoms with Crippen LogP contribution >= 0.6 is 0 Å². The topological polar surface area (TPSA) is 113 Å². The highest BCUT2D eigenvalue weighted by Gasteiger charge is 2.46. The number of nitrogens with zero attached hydrogens (tertiary/aromatic N) is 2. The average Bonchev–Trinajstić information content (AvgIpc) is 2.91. The molecule has 1 aliphatic heterocycles. The maximum atomic E-state index is 14.4. The number of aryl methyl sites for hydroxylation is 1. The lowest BCUT2D eigenvalue weighted by atomic mass is 9.88. The van der Waals surface area contributed by atoms with E-state index in [4.69, 9.17) is 4.74 Å². The summed E-state index contributed by atoms with van der Waals surface area (Å²) in [6.45, 7) is 5.89. The molecule has 1 heterocycles. The van der Waals surface area contributed by atoms with E-state index in [2.05, 4.69) is 5.32 Å². The summed E-state index contributed by atoms with van der Waals surface area (Å²) in [5.41, 5.74) is -0.558. The van der Waals surface area contributed by atoms with Gasteiger partial charge in [0.1, 0.15) is 17.6 Å². The van der Waals surface area contributed by atoms with Crippen molar-refractivity contribution in [3.8, 4) is 5.75 Å². The van der Waals surface area contributed by atoms with Crippen molar-refractivity contribution in [1.82, 2.24) is 15.1 Å². The molecule has 1 fully saturated rings. The molecule has 0 spiro atoms. The van der Waals surface area contributed by atoms with Crippen LogP contribution in [0.5, 0.6) is 5.75 Å². The van der Waals surface area contributed by atoms with Gasteiger partial charge in [0.15, 0.2) is 15.4 Å². The molecule has 3 rings (SSSR count). The van der Waals surface area contributed by atoms with E-state index in [0.29, 0.717) is 12.2 Å². The lowest BCUT2D eigenvalue weighted by molar-refractivity contribution is -0.153. The number of ether oxygens (including phenoxy) is 1. The number of likely N-dealkylation sites (tertiary alicyclic amines) is 1. The van der Waals surface area contributed by atoms with Crippen LogP contribution in [0, 0.1) is 11.7 Å². The van der Waals surface area contributed by atoms with Crippen molar-refractivity contribution < 1.29 is 31.9 Å². The van der Waals surface area contributed by atoms with Gasteiger partial charge in [0, 0.05) is 46.3 Å². The van der Waals surface area contributed by atoms with Gasteiger partial charge in [-0.05, 0) is 54.3 Å². The molecule has 1 N–H and O–H groups in total. The third-order valence-corrected chi connectivity index (χ3v) is 8.28. The molecule has 9 nitrogen and oxygen atoms in total. The average molecular weight is 576 g/mol. The zero-order valence-electron chi connectivity index (χ0n) is 23.9. The summed E-state index contributed by atoms with van der Waals surface area (Å²) in [5, 5.41) is 2.72. The van der Waals surface area contributed by atoms with Gasteiger partial charge >= 0.3 is 0 Å². The molecule has 218 valence electrons. The van der Waals surface area contributed by atoms with Crippen LogP contribution in [0.2, 0.25) is 0 Å². The van der Waals surface area contributed by atoms with Crippen LogP contribution < -0.4 is 10.1 Å². The van der Waals surface area contributed by atoms with Crippen molar-refractivity contribution in [2.45, 2.75) is 56.6 Å². The number of rotatable bonds is 9. The first-order valence-electron chi connectivity index (χ1n) is 13.3. The minimum absolute atomic E-state index is 0.109. The molecule has 0 aromatic heterocycles. The Balaban J connectivity index is 1.77. The molecule has 1 unspecified atom stereocenters. The van der Waals surface area contributed by atoms with Crippen molar-refractivity contribution in [2.75, 3.05) is 33.4 Å². The standard InChI is InChI=1S/C29H38FN3O6S/c1-7-20-8-13-24(30)23(18-20)26(34)31-25(19(2)3)27(35)33-16-14-29(15-17-33,28(36)32(4)5)39-21-9-11-22(12-10-21)40(6,37)38/h8-13,18-19,25H,7,14-17H2,1-6H3,(H,31,34). The van der Waals surface area contributed by atoms with Gasteiger partial charge in [0.05, 0.1) is 10.5 Å². The number of carbonyl (C=O) groups is 3. The second-order valence-corrected chi connectivity index (χ2v) is 12.7. The molecule has 0 saturated carbocycles. The van der Waals surface area contributed by atoms with Crippen LogP contribution in [0.4, 0.5) is 4.39 Å². The van der Waals surface area contributed by atoms with Crippen LogP contribution in [-0.4, -0.2) is 81.0 Å². The Bertz CT molecular complexity index is 1350. The van der Waals surface area contributed by atoms with Gasteiger partial charge in [-0.15, -0.1) is 0 Å². The summed E-state index contributed by atoms with van der Waals surface area (Å²) in [4.78, 5) is 42.9. The van der Waals surface area contributed by atoms with Crippen molar-refractivity contribution >= 4 is 27.6 Å². The fourth-order valence-electron chi connectivity index (χ4n) is 4.73. The highest BCUT2D eigenvalue weighted by Crippen LogP contribution is 2.32. The predicted molar refractivity (Wildman–Crippen MR) is 149 cm³/mol. The van der Waals surface area contributed by atoms with Crippen molar-refractivity contribution in [1.29, 1.82) is 0 Å². The SMILES string of the molecule is CCc1ccc(F)c(C(=O)NC(C(=O)N2CCC(Oc3ccc(S(C)(=O)=O)cc3)(C(=O)N(C)C)CC2)C(C)C)c1. The van der Waals surface area contributed by atoms with E-state index in [1.807, 2.05) is 6.92 Å². The van der Waals surface area contributed by atoms with Crippen LogP contribution in [-0.2, 0) is 25.8 Å². The summed E-state index contributed by atoms with van der Waals surface area (Å²) in [5.74, 6) is -1.84. The summed E-state index contributed by atoms with van der Waals surface area (Å²) in [6, 6.07) is 9.34. The van der Waals surface area contributed by atoms with Crippen molar-refractivity contribution in [3.63, 3.8) is 0 Å². The molecule has 11 heteroatoms. The number of likely N-dealkylation sites (N-methyl/N-ethyl adjacent to an activating group) is 1. The van der Waals surface area contributed by atoms with Gasteiger partial charge in [-0.3, -0.25) is 14.4 Å². The Morgan fingerprint density at radius 2 is 1.68 bits per heavy atom. The first kappa shape index (κ1) is 31.1. The summed E-state index contributed by atoms with van der Waals surface area (Å²) in [6.07, 6.45) is 2.13. The van der Waals surface area contributed by atoms with Crippen LogP contribution in [0.1, 0.15) is 49.5 Å². The first-order chi connectivity index (χ1) is 18.7. The third-order valence-electron chi connectivity index (χ3n) is 7.15. The van der Waals surface area contributed by atoms with Crippen LogP contribution in [0.15, 0.2) is 47.4 Å². The maximum absolute atomic E-state index is 14.4. The van der Waals surface area contributed by atoms with E-state index in [-0.39, 0.29) is 54.1 Å². The highest BCUT2D eigenvalue weighted by molar-refractivity contribution is 7.90. The van der Waals surface area contributed by atoms with Gasteiger partial charge in [-0.25, -0.2) is 12.8 Å². The van der Waals surface area contributed by atoms with Crippen LogP contribution in [0.25, 0.3) is 0 Å². The Morgan fingerprint density at radius 1 is 1.07 bits per heavy atom. The summed E-state index contributed by atoms with van der Waals surface area (Å²) in [7, 11) is -0.148. The fraction of sp³-hybridized carbons (Fsp3) is 0.483. The highest BCUT2D eigenvalue weighted by atomic mass is 32.2. The number of amides is 3. The molecular formula is C29H38FN3O6S. The molecule has 2 aromatic carbocycles. The molecule has 1 aliphatic rings. The van der Waals surface area contributed by atoms with E-state index in [9.17, 15) is 27.2 Å². The zero-order chi connectivity index (χ0) is 29.8. The fourth-order valence-corrected chi connectivity index (χ4v) is 5.36. The third kappa shape index (κ3) is 6.99. The molecule has 2 aromatic rings. The van der Waals surface area contributed by atoms with E-state index in [0.717, 1.165) is 11.8 Å². The monoisotopic (exact) mass is 575 g/mol. The van der Waals surface area contributed by atoms with Gasteiger partial charge in [0.25, 0.3) is 11.8 Å². The van der Waals surface area contributed by atoms with Gasteiger partial charge in [-0.1, -0.05) is 26.8 Å². The first-order valence-corrected chi connectivity index (χ1v) is 15.2. The number of hydrogen-bond donors (Lipinski definition) is 1. The molecule has 0 bridgehead atoms. The Kier molecular flexibility index (Phi) is 9.60. The van der Waals surface area contributed by atoms with Crippen molar-refractivity contribution in [3.05, 3.63) is 59.4 Å². The Labute approximate surface area is 235 Å². The summed E-state index contributed by atoms with van der Waals surface area (Å²) < 4.78 is 44.2. The molecular weight excluding hydrogens is 537 g/mol. The van der Waals surface area contributed by atoms with Gasteiger partial charge in [-0.2, -0.15) is 0 Å². The number of carbonyl (C=O) groups excluding carboxylic acids is 3. The molecule has 1 saturated heterocycles. The molecule has 1 atom stereocenters. The van der Waals surface area contributed by atoms with Gasteiger partial charge < -0.3 is 19.9 Å². The molecule has 0 aliphatic carbocycles. The predicted octanol–water partition coefficient (Wildman–Crippen LogP) is 3.07. The second-order valence-electron chi connectivity index (χ2n) is 10.7. The molecule has 0 radical (unpaired) electrons. The Morgan fingerprint density at radius 3 is 2.17 bits per heavy atom. The number of nitrogens with one attached hydrogen (secondary N) is 1. The number of halogens is 1. The largest absolute Gasteiger partial charge is 0.477 e. The maximum Gasteiger partial charge on any atom is 0.266 e. The molecule has 40 heavy (non-hydrogen) atoms. The smallest absolute Gasteiger partial charge is 0.266 e. The Hall–Kier alpha value is -3.47. The summed E-state index contributed by atoms with van der Waals surface area (Å²) >= 11 is 0.